The van der Waals surface area contributed by atoms with Crippen LogP contribution in [0.25, 0.3) is 0 Å². The molecule has 4 rings (SSSR count). The van der Waals surface area contributed by atoms with Gasteiger partial charge in [-0.3, -0.25) is 4.79 Å². The molecule has 0 aliphatic carbocycles. The number of nitrogens with zero attached hydrogens (tertiary/aromatic N) is 1. The molecule has 1 aliphatic rings. The van der Waals surface area contributed by atoms with E-state index in [4.69, 9.17) is 4.42 Å². The average molecular weight is 439 g/mol. The predicted molar refractivity (Wildman–Crippen MR) is 121 cm³/mol. The minimum absolute atomic E-state index is 0.0103. The fourth-order valence-electron chi connectivity index (χ4n) is 3.84. The summed E-state index contributed by atoms with van der Waals surface area (Å²) in [5, 5.41) is 2.81. The number of sulfone groups is 1. The summed E-state index contributed by atoms with van der Waals surface area (Å²) in [6, 6.07) is 17.4. The van der Waals surface area contributed by atoms with Crippen LogP contribution in [0.2, 0.25) is 0 Å². The van der Waals surface area contributed by atoms with Crippen molar-refractivity contribution in [1.82, 2.24) is 0 Å². The number of nitrogens with one attached hydrogen (secondary N) is 1. The minimum atomic E-state index is -3.58. The number of furan rings is 1. The second-order valence-corrected chi connectivity index (χ2v) is 9.74. The van der Waals surface area contributed by atoms with E-state index in [1.54, 1.807) is 30.3 Å². The van der Waals surface area contributed by atoms with E-state index in [-0.39, 0.29) is 16.4 Å². The molecule has 1 aliphatic heterocycles. The first-order valence-electron chi connectivity index (χ1n) is 10.5. The molecule has 0 atom stereocenters. The fourth-order valence-corrected chi connectivity index (χ4v) is 5.21. The maximum Gasteiger partial charge on any atom is 0.291 e. The maximum absolute atomic E-state index is 12.7. The number of hydrogen-bond acceptors (Lipinski definition) is 5. The zero-order valence-electron chi connectivity index (χ0n) is 17.3. The molecule has 2 heterocycles. The quantitative estimate of drug-likeness (QED) is 0.593. The van der Waals surface area contributed by atoms with Crippen LogP contribution in [0.1, 0.15) is 41.8 Å². The van der Waals surface area contributed by atoms with Gasteiger partial charge in [0.25, 0.3) is 5.91 Å². The number of amides is 1. The zero-order valence-corrected chi connectivity index (χ0v) is 18.1. The van der Waals surface area contributed by atoms with Gasteiger partial charge in [0.15, 0.2) is 15.6 Å². The fraction of sp³-hybridized carbons (Fsp3) is 0.292. The summed E-state index contributed by atoms with van der Waals surface area (Å²) in [5.74, 6) is -0.758. The lowest BCUT2D eigenvalue weighted by atomic mass is 10.2. The van der Waals surface area contributed by atoms with Gasteiger partial charge < -0.3 is 14.6 Å². The van der Waals surface area contributed by atoms with Crippen molar-refractivity contribution in [3.63, 3.8) is 0 Å². The van der Waals surface area contributed by atoms with Crippen molar-refractivity contribution in [1.29, 1.82) is 0 Å². The monoisotopic (exact) mass is 438 g/mol. The van der Waals surface area contributed by atoms with Crippen molar-refractivity contribution in [3.05, 3.63) is 78.3 Å². The lowest BCUT2D eigenvalue weighted by Gasteiger charge is -2.22. The second kappa shape index (κ2) is 9.39. The molecule has 1 N–H and O–H groups in total. The normalized spacial score (nSPS) is 14.8. The van der Waals surface area contributed by atoms with E-state index >= 15 is 0 Å². The van der Waals surface area contributed by atoms with E-state index in [2.05, 4.69) is 10.2 Å². The molecule has 0 spiro atoms. The average Bonchev–Trinajstić information content (AvgIpc) is 3.06. The standard InChI is InChI=1S/C24H26N2O4S/c27-24(25-20-10-12-21(13-11-20)26-15-6-1-2-7-16-26)23-19(14-17-30-23)18-31(28,29)22-8-4-3-5-9-22/h3-5,8-14,17H,1-2,6-7,15-16,18H2,(H,25,27). The molecule has 6 nitrogen and oxygen atoms in total. The molecule has 3 aromatic rings. The van der Waals surface area contributed by atoms with Gasteiger partial charge in [0.2, 0.25) is 0 Å². The Morgan fingerprint density at radius 3 is 2.26 bits per heavy atom. The van der Waals surface area contributed by atoms with Crippen LogP contribution in [-0.2, 0) is 15.6 Å². The van der Waals surface area contributed by atoms with Crippen molar-refractivity contribution < 1.29 is 17.6 Å². The van der Waals surface area contributed by atoms with Crippen LogP contribution in [0.3, 0.4) is 0 Å². The van der Waals surface area contributed by atoms with Gasteiger partial charge in [-0.2, -0.15) is 0 Å². The predicted octanol–water partition coefficient (Wildman–Crippen LogP) is 4.89. The molecule has 0 saturated carbocycles. The van der Waals surface area contributed by atoms with Gasteiger partial charge in [0.05, 0.1) is 16.9 Å². The third kappa shape index (κ3) is 5.17. The summed E-state index contributed by atoms with van der Waals surface area (Å²) in [4.78, 5) is 15.3. The highest BCUT2D eigenvalue weighted by atomic mass is 32.2. The van der Waals surface area contributed by atoms with Crippen LogP contribution >= 0.6 is 0 Å². The van der Waals surface area contributed by atoms with E-state index in [0.717, 1.165) is 18.8 Å². The largest absolute Gasteiger partial charge is 0.459 e. The summed E-state index contributed by atoms with van der Waals surface area (Å²) in [6.45, 7) is 2.11. The molecular formula is C24H26N2O4S. The van der Waals surface area contributed by atoms with Crippen molar-refractivity contribution in [2.24, 2.45) is 0 Å². The third-order valence-corrected chi connectivity index (χ3v) is 7.18. The summed E-state index contributed by atoms with van der Waals surface area (Å²) >= 11 is 0. The molecule has 1 fully saturated rings. The highest BCUT2D eigenvalue weighted by Crippen LogP contribution is 2.24. The molecule has 1 aromatic heterocycles. The minimum Gasteiger partial charge on any atom is -0.459 e. The highest BCUT2D eigenvalue weighted by Gasteiger charge is 2.22. The Labute approximate surface area is 182 Å². The van der Waals surface area contributed by atoms with Crippen LogP contribution in [0.5, 0.6) is 0 Å². The topological polar surface area (TPSA) is 79.6 Å². The summed E-state index contributed by atoms with van der Waals surface area (Å²) in [7, 11) is -3.58. The third-order valence-electron chi connectivity index (χ3n) is 5.50. The van der Waals surface area contributed by atoms with Gasteiger partial charge in [-0.15, -0.1) is 0 Å². The Kier molecular flexibility index (Phi) is 6.42. The Morgan fingerprint density at radius 1 is 0.903 bits per heavy atom. The van der Waals surface area contributed by atoms with E-state index in [0.29, 0.717) is 11.3 Å². The second-order valence-electron chi connectivity index (χ2n) is 7.75. The van der Waals surface area contributed by atoms with Crippen LogP contribution in [0.4, 0.5) is 11.4 Å². The molecule has 0 radical (unpaired) electrons. The summed E-state index contributed by atoms with van der Waals surface area (Å²) in [5.41, 5.74) is 2.12. The highest BCUT2D eigenvalue weighted by molar-refractivity contribution is 7.90. The summed E-state index contributed by atoms with van der Waals surface area (Å²) in [6.07, 6.45) is 6.29. The molecule has 0 bridgehead atoms. The molecule has 1 amide bonds. The number of rotatable bonds is 6. The molecule has 0 unspecified atom stereocenters. The number of benzene rings is 2. The zero-order chi connectivity index (χ0) is 21.7. The number of hydrogen-bond donors (Lipinski definition) is 1. The first-order chi connectivity index (χ1) is 15.0. The first kappa shape index (κ1) is 21.2. The lowest BCUT2D eigenvalue weighted by molar-refractivity contribution is 0.0996. The Hall–Kier alpha value is -3.06. The van der Waals surface area contributed by atoms with Gasteiger partial charge in [-0.25, -0.2) is 8.42 Å². The number of carbonyl (C=O) groups excluding carboxylic acids is 1. The van der Waals surface area contributed by atoms with Crippen LogP contribution in [0, 0.1) is 0 Å². The lowest BCUT2D eigenvalue weighted by Crippen LogP contribution is -2.23. The molecular weight excluding hydrogens is 412 g/mol. The van der Waals surface area contributed by atoms with Crippen molar-refractivity contribution >= 4 is 27.1 Å². The van der Waals surface area contributed by atoms with Gasteiger partial charge in [0, 0.05) is 30.0 Å². The van der Waals surface area contributed by atoms with Gasteiger partial charge in [0.1, 0.15) is 0 Å². The van der Waals surface area contributed by atoms with Gasteiger partial charge in [-0.1, -0.05) is 31.0 Å². The SMILES string of the molecule is O=C(Nc1ccc(N2CCCCCC2)cc1)c1occc1CS(=O)(=O)c1ccccc1. The van der Waals surface area contributed by atoms with E-state index in [9.17, 15) is 13.2 Å². The molecule has 1 saturated heterocycles. The van der Waals surface area contributed by atoms with Crippen molar-refractivity contribution in [3.8, 4) is 0 Å². The maximum atomic E-state index is 12.7. The molecule has 7 heteroatoms. The van der Waals surface area contributed by atoms with Gasteiger partial charge in [-0.05, 0) is 55.3 Å². The Balaban J connectivity index is 1.44. The van der Waals surface area contributed by atoms with Gasteiger partial charge >= 0.3 is 0 Å². The van der Waals surface area contributed by atoms with Crippen LogP contribution in [-0.4, -0.2) is 27.4 Å². The van der Waals surface area contributed by atoms with Crippen molar-refractivity contribution in [2.75, 3.05) is 23.3 Å². The van der Waals surface area contributed by atoms with Crippen molar-refractivity contribution in [2.45, 2.75) is 36.3 Å². The summed E-state index contributed by atoms with van der Waals surface area (Å²) < 4.78 is 30.7. The molecule has 162 valence electrons. The molecule has 2 aromatic carbocycles. The number of carbonyl (C=O) groups is 1. The first-order valence-corrected chi connectivity index (χ1v) is 12.2. The smallest absolute Gasteiger partial charge is 0.291 e. The molecule has 31 heavy (non-hydrogen) atoms. The van der Waals surface area contributed by atoms with Crippen LogP contribution in [0.15, 0.2) is 76.2 Å². The van der Waals surface area contributed by atoms with E-state index < -0.39 is 15.7 Å². The Morgan fingerprint density at radius 2 is 1.58 bits per heavy atom. The van der Waals surface area contributed by atoms with Crippen LogP contribution < -0.4 is 10.2 Å². The Bertz CT molecular complexity index is 1110. The van der Waals surface area contributed by atoms with E-state index in [1.807, 2.05) is 24.3 Å². The van der Waals surface area contributed by atoms with E-state index in [1.165, 1.54) is 38.0 Å². The number of anilines is 2.